The molecule has 0 heterocycles. The molecule has 0 aliphatic rings. The zero-order chi connectivity index (χ0) is 12.2. The van der Waals surface area contributed by atoms with Gasteiger partial charge in [0.2, 0.25) is 0 Å². The van der Waals surface area contributed by atoms with Gasteiger partial charge in [0.15, 0.2) is 0 Å². The molecule has 0 N–H and O–H groups in total. The van der Waals surface area contributed by atoms with Gasteiger partial charge in [-0.15, -0.1) is 11.8 Å². The monoisotopic (exact) mass is 260 g/mol. The smallest absolute Gasteiger partial charge is 0.252 e. The third-order valence-corrected chi connectivity index (χ3v) is 4.39. The molecule has 1 atom stereocenters. The van der Waals surface area contributed by atoms with E-state index in [0.717, 1.165) is 11.3 Å². The molecular formula is C11H16O3S2. The molecule has 0 bridgehead atoms. The predicted molar refractivity (Wildman–Crippen MR) is 67.0 cm³/mol. The number of rotatable bonds is 5. The Morgan fingerprint density at radius 1 is 1.31 bits per heavy atom. The SMILES string of the molecule is CCSC(C)OS(=O)(=O)c1ccc(C)cc1. The molecule has 0 saturated carbocycles. The lowest BCUT2D eigenvalue weighted by Crippen LogP contribution is -2.13. The zero-order valence-corrected chi connectivity index (χ0v) is 11.3. The van der Waals surface area contributed by atoms with Crippen LogP contribution in [0.1, 0.15) is 19.4 Å². The van der Waals surface area contributed by atoms with Crippen LogP contribution < -0.4 is 0 Å². The quantitative estimate of drug-likeness (QED) is 0.603. The Morgan fingerprint density at radius 2 is 1.88 bits per heavy atom. The summed E-state index contributed by atoms with van der Waals surface area (Å²) < 4.78 is 28.6. The summed E-state index contributed by atoms with van der Waals surface area (Å²) in [5, 5.41) is 0. The lowest BCUT2D eigenvalue weighted by Gasteiger charge is -2.11. The Bertz CT molecular complexity index is 423. The fraction of sp³-hybridized carbons (Fsp3) is 0.455. The Morgan fingerprint density at radius 3 is 2.38 bits per heavy atom. The van der Waals surface area contributed by atoms with Gasteiger partial charge in [-0.1, -0.05) is 24.6 Å². The van der Waals surface area contributed by atoms with Crippen LogP contribution >= 0.6 is 11.8 Å². The topological polar surface area (TPSA) is 43.4 Å². The molecule has 5 heteroatoms. The van der Waals surface area contributed by atoms with Crippen molar-refractivity contribution in [2.75, 3.05) is 5.75 Å². The number of thioether (sulfide) groups is 1. The standard InChI is InChI=1S/C11H16O3S2/c1-4-15-10(3)14-16(12,13)11-7-5-9(2)6-8-11/h5-8,10H,4H2,1-3H3. The van der Waals surface area contributed by atoms with Gasteiger partial charge in [0.05, 0.1) is 4.90 Å². The van der Waals surface area contributed by atoms with Gasteiger partial charge in [-0.3, -0.25) is 4.18 Å². The second-order valence-corrected chi connectivity index (χ2v) is 6.53. The van der Waals surface area contributed by atoms with Crippen molar-refractivity contribution < 1.29 is 12.6 Å². The Balaban J connectivity index is 2.82. The molecule has 0 aliphatic heterocycles. The maximum absolute atomic E-state index is 11.8. The Labute approximate surface area is 101 Å². The van der Waals surface area contributed by atoms with Gasteiger partial charge >= 0.3 is 0 Å². The van der Waals surface area contributed by atoms with E-state index in [2.05, 4.69) is 0 Å². The molecule has 0 spiro atoms. The van der Waals surface area contributed by atoms with Crippen molar-refractivity contribution in [3.05, 3.63) is 29.8 Å². The highest BCUT2D eigenvalue weighted by Crippen LogP contribution is 2.19. The molecule has 0 fully saturated rings. The normalized spacial score (nSPS) is 13.7. The second-order valence-electron chi connectivity index (χ2n) is 3.39. The lowest BCUT2D eigenvalue weighted by molar-refractivity contribution is 0.309. The van der Waals surface area contributed by atoms with E-state index in [1.165, 1.54) is 11.8 Å². The largest absolute Gasteiger partial charge is 0.298 e. The molecule has 1 aromatic rings. The molecule has 1 unspecified atom stereocenters. The van der Waals surface area contributed by atoms with Crippen LogP contribution in [0.25, 0.3) is 0 Å². The zero-order valence-electron chi connectivity index (χ0n) is 9.64. The van der Waals surface area contributed by atoms with Gasteiger partial charge in [0.25, 0.3) is 10.1 Å². The van der Waals surface area contributed by atoms with Gasteiger partial charge in [0, 0.05) is 0 Å². The van der Waals surface area contributed by atoms with Crippen molar-refractivity contribution in [1.29, 1.82) is 0 Å². The molecule has 0 aromatic heterocycles. The first-order valence-electron chi connectivity index (χ1n) is 5.07. The van der Waals surface area contributed by atoms with Crippen molar-refractivity contribution in [2.24, 2.45) is 0 Å². The van der Waals surface area contributed by atoms with Gasteiger partial charge in [-0.05, 0) is 31.7 Å². The molecular weight excluding hydrogens is 244 g/mol. The van der Waals surface area contributed by atoms with Crippen LogP contribution in [0.2, 0.25) is 0 Å². The molecule has 0 saturated heterocycles. The minimum atomic E-state index is -3.62. The highest BCUT2D eigenvalue weighted by atomic mass is 32.2. The van der Waals surface area contributed by atoms with Crippen LogP contribution in [0, 0.1) is 6.92 Å². The van der Waals surface area contributed by atoms with E-state index in [9.17, 15) is 8.42 Å². The summed E-state index contributed by atoms with van der Waals surface area (Å²) in [6.07, 6.45) is 0. The molecule has 3 nitrogen and oxygen atoms in total. The van der Waals surface area contributed by atoms with Crippen molar-refractivity contribution in [3.63, 3.8) is 0 Å². The van der Waals surface area contributed by atoms with Gasteiger partial charge < -0.3 is 0 Å². The third-order valence-electron chi connectivity index (χ3n) is 1.97. The number of hydrogen-bond acceptors (Lipinski definition) is 4. The highest BCUT2D eigenvalue weighted by Gasteiger charge is 2.18. The molecule has 0 aliphatic carbocycles. The third kappa shape index (κ3) is 3.81. The predicted octanol–water partition coefficient (Wildman–Crippen LogP) is 2.80. The fourth-order valence-electron chi connectivity index (χ4n) is 1.20. The Kier molecular flexibility index (Phi) is 4.83. The van der Waals surface area contributed by atoms with Crippen molar-refractivity contribution in [3.8, 4) is 0 Å². The fourth-order valence-corrected chi connectivity index (χ4v) is 3.14. The first kappa shape index (κ1) is 13.5. The van der Waals surface area contributed by atoms with Crippen molar-refractivity contribution in [2.45, 2.75) is 31.1 Å². The number of aryl methyl sites for hydroxylation is 1. The summed E-state index contributed by atoms with van der Waals surface area (Å²) in [5.74, 6) is 0.824. The van der Waals surface area contributed by atoms with Crippen LogP contribution in [0.5, 0.6) is 0 Å². The summed E-state index contributed by atoms with van der Waals surface area (Å²) in [6.45, 7) is 5.61. The molecule has 0 amide bonds. The van der Waals surface area contributed by atoms with Gasteiger partial charge in [-0.25, -0.2) is 0 Å². The van der Waals surface area contributed by atoms with Crippen LogP contribution in [0.4, 0.5) is 0 Å². The van der Waals surface area contributed by atoms with Crippen LogP contribution in [-0.2, 0) is 14.3 Å². The van der Waals surface area contributed by atoms with Gasteiger partial charge in [0.1, 0.15) is 5.44 Å². The van der Waals surface area contributed by atoms with Gasteiger partial charge in [-0.2, -0.15) is 8.42 Å². The van der Waals surface area contributed by atoms with E-state index in [1.54, 1.807) is 31.2 Å². The lowest BCUT2D eigenvalue weighted by atomic mass is 10.2. The summed E-state index contributed by atoms with van der Waals surface area (Å²) in [5.41, 5.74) is 0.672. The molecule has 1 aromatic carbocycles. The van der Waals surface area contributed by atoms with E-state index in [1.807, 2.05) is 13.8 Å². The van der Waals surface area contributed by atoms with E-state index >= 15 is 0 Å². The summed E-state index contributed by atoms with van der Waals surface area (Å²) in [6, 6.07) is 6.64. The average Bonchev–Trinajstić information content (AvgIpc) is 2.17. The van der Waals surface area contributed by atoms with Crippen LogP contribution in [-0.4, -0.2) is 19.6 Å². The van der Waals surface area contributed by atoms with Crippen LogP contribution in [0.3, 0.4) is 0 Å². The summed E-state index contributed by atoms with van der Waals surface area (Å²) in [7, 11) is -3.62. The van der Waals surface area contributed by atoms with E-state index in [0.29, 0.717) is 0 Å². The van der Waals surface area contributed by atoms with Crippen molar-refractivity contribution in [1.82, 2.24) is 0 Å². The maximum atomic E-state index is 11.8. The molecule has 1 rings (SSSR count). The van der Waals surface area contributed by atoms with Crippen molar-refractivity contribution >= 4 is 21.9 Å². The van der Waals surface area contributed by atoms with E-state index < -0.39 is 10.1 Å². The highest BCUT2D eigenvalue weighted by molar-refractivity contribution is 8.00. The Hall–Kier alpha value is -0.520. The molecule has 0 radical (unpaired) electrons. The minimum Gasteiger partial charge on any atom is -0.252 e. The van der Waals surface area contributed by atoms with E-state index in [4.69, 9.17) is 4.18 Å². The minimum absolute atomic E-state index is 0.210. The molecule has 90 valence electrons. The number of hydrogen-bond donors (Lipinski definition) is 0. The summed E-state index contributed by atoms with van der Waals surface area (Å²) in [4.78, 5) is 0.210. The summed E-state index contributed by atoms with van der Waals surface area (Å²) >= 11 is 1.45. The molecule has 16 heavy (non-hydrogen) atoms. The maximum Gasteiger partial charge on any atom is 0.298 e. The second kappa shape index (κ2) is 5.70. The average molecular weight is 260 g/mol. The first-order chi connectivity index (χ1) is 7.45. The first-order valence-corrected chi connectivity index (χ1v) is 7.53. The van der Waals surface area contributed by atoms with E-state index in [-0.39, 0.29) is 10.3 Å². The van der Waals surface area contributed by atoms with Crippen LogP contribution in [0.15, 0.2) is 29.2 Å². The number of benzene rings is 1.